The first-order chi connectivity index (χ1) is 10.5. The van der Waals surface area contributed by atoms with Crippen molar-refractivity contribution in [2.24, 2.45) is 5.92 Å². The molecule has 2 rings (SSSR count). The van der Waals surface area contributed by atoms with Crippen molar-refractivity contribution < 1.29 is 19.4 Å². The van der Waals surface area contributed by atoms with Crippen LogP contribution < -0.4 is 14.8 Å². The molecule has 1 saturated heterocycles. The third-order valence-corrected chi connectivity index (χ3v) is 4.61. The second kappa shape index (κ2) is 7.74. The van der Waals surface area contributed by atoms with Crippen LogP contribution in [0.15, 0.2) is 18.2 Å². The highest BCUT2D eigenvalue weighted by atomic mass is 32.2. The summed E-state index contributed by atoms with van der Waals surface area (Å²) in [5.41, 5.74) is 1.01. The maximum atomic E-state index is 11.0. The van der Waals surface area contributed by atoms with Gasteiger partial charge < -0.3 is 14.6 Å². The van der Waals surface area contributed by atoms with Crippen molar-refractivity contribution in [3.63, 3.8) is 0 Å². The summed E-state index contributed by atoms with van der Waals surface area (Å²) < 4.78 is 11.4. The Morgan fingerprint density at radius 3 is 2.77 bits per heavy atom. The van der Waals surface area contributed by atoms with E-state index < -0.39 is 11.2 Å². The Bertz CT molecular complexity index is 521. The molecule has 1 fully saturated rings. The van der Waals surface area contributed by atoms with E-state index >= 15 is 0 Å². The normalized spacial score (nSPS) is 21.1. The van der Waals surface area contributed by atoms with Gasteiger partial charge in [-0.3, -0.25) is 10.1 Å². The topological polar surface area (TPSA) is 67.8 Å². The fraction of sp³-hybridized carbons (Fsp3) is 0.562. The third-order valence-electron chi connectivity index (χ3n) is 3.21. The first kappa shape index (κ1) is 17.0. The molecule has 0 unspecified atom stereocenters. The van der Waals surface area contributed by atoms with Crippen LogP contribution in [0.5, 0.6) is 11.5 Å². The molecular weight excluding hydrogens is 302 g/mol. The number of thioether (sulfide) groups is 1. The second-order valence-electron chi connectivity index (χ2n) is 5.60. The molecule has 6 heteroatoms. The molecule has 0 aromatic heterocycles. The van der Waals surface area contributed by atoms with Gasteiger partial charge in [0, 0.05) is 6.54 Å². The van der Waals surface area contributed by atoms with Crippen molar-refractivity contribution in [2.75, 3.05) is 19.8 Å². The maximum Gasteiger partial charge on any atom is 0.318 e. The highest BCUT2D eigenvalue weighted by Crippen LogP contribution is 2.39. The maximum absolute atomic E-state index is 11.0. The number of rotatable bonds is 7. The minimum absolute atomic E-state index is 0.0283. The van der Waals surface area contributed by atoms with Crippen LogP contribution in [0.25, 0.3) is 0 Å². The lowest BCUT2D eigenvalue weighted by Gasteiger charge is -2.17. The molecule has 2 atom stereocenters. The van der Waals surface area contributed by atoms with Gasteiger partial charge in [0.2, 0.25) is 0 Å². The summed E-state index contributed by atoms with van der Waals surface area (Å²) in [5.74, 6) is 1.11. The lowest BCUT2D eigenvalue weighted by Crippen LogP contribution is -2.21. The zero-order valence-corrected chi connectivity index (χ0v) is 14.0. The largest absolute Gasteiger partial charge is 0.490 e. The number of benzene rings is 1. The van der Waals surface area contributed by atoms with E-state index in [2.05, 4.69) is 19.2 Å². The molecule has 1 aliphatic heterocycles. The van der Waals surface area contributed by atoms with Crippen LogP contribution in [-0.4, -0.2) is 36.1 Å². The van der Waals surface area contributed by atoms with E-state index in [0.29, 0.717) is 31.4 Å². The first-order valence-electron chi connectivity index (χ1n) is 7.52. The number of aliphatic carboxylic acids is 1. The average Bonchev–Trinajstić information content (AvgIpc) is 2.96. The van der Waals surface area contributed by atoms with Gasteiger partial charge in [-0.15, -0.1) is 11.8 Å². The smallest absolute Gasteiger partial charge is 0.318 e. The van der Waals surface area contributed by atoms with E-state index in [4.69, 9.17) is 14.6 Å². The zero-order valence-electron chi connectivity index (χ0n) is 13.2. The first-order valence-corrected chi connectivity index (χ1v) is 8.46. The Kier molecular flexibility index (Phi) is 5.97. The van der Waals surface area contributed by atoms with Crippen LogP contribution in [0.3, 0.4) is 0 Å². The number of carbonyl (C=O) groups is 1. The second-order valence-corrected chi connectivity index (χ2v) is 6.91. The average molecular weight is 325 g/mol. The van der Waals surface area contributed by atoms with Gasteiger partial charge in [-0.25, -0.2) is 0 Å². The van der Waals surface area contributed by atoms with Gasteiger partial charge in [0.15, 0.2) is 11.5 Å². The standard InChI is InChI=1S/C16H23NO4S/c1-4-20-13-7-11(5-6-12(13)21-9-10(2)3)15-17-8-14(22-15)16(18)19/h5-7,10,14-15,17H,4,8-9H2,1-3H3,(H,18,19)/t14-,15-/m1/s1. The van der Waals surface area contributed by atoms with Crippen LogP contribution >= 0.6 is 11.8 Å². The van der Waals surface area contributed by atoms with Gasteiger partial charge >= 0.3 is 5.97 Å². The predicted octanol–water partition coefficient (Wildman–Crippen LogP) is 2.91. The number of ether oxygens (including phenoxy) is 2. The summed E-state index contributed by atoms with van der Waals surface area (Å²) in [6.45, 7) is 7.79. The van der Waals surface area contributed by atoms with Crippen LogP contribution in [0.1, 0.15) is 31.7 Å². The fourth-order valence-electron chi connectivity index (χ4n) is 2.15. The molecule has 0 aliphatic carbocycles. The highest BCUT2D eigenvalue weighted by Gasteiger charge is 2.31. The number of nitrogens with one attached hydrogen (secondary N) is 1. The molecule has 0 radical (unpaired) electrons. The van der Waals surface area contributed by atoms with E-state index in [9.17, 15) is 4.79 Å². The quantitative estimate of drug-likeness (QED) is 0.803. The summed E-state index contributed by atoms with van der Waals surface area (Å²) in [6, 6.07) is 5.81. The van der Waals surface area contributed by atoms with Crippen LogP contribution in [0, 0.1) is 5.92 Å². The highest BCUT2D eigenvalue weighted by molar-refractivity contribution is 8.01. The van der Waals surface area contributed by atoms with Gasteiger partial charge in [0.1, 0.15) is 5.25 Å². The number of carboxylic acids is 1. The summed E-state index contributed by atoms with van der Waals surface area (Å²) >= 11 is 1.42. The van der Waals surface area contributed by atoms with Gasteiger partial charge in [0.05, 0.1) is 18.6 Å². The molecule has 2 N–H and O–H groups in total. The van der Waals surface area contributed by atoms with Gasteiger partial charge in [-0.1, -0.05) is 19.9 Å². The van der Waals surface area contributed by atoms with Crippen molar-refractivity contribution in [3.8, 4) is 11.5 Å². The number of carboxylic acid groups (broad SMARTS) is 1. The summed E-state index contributed by atoms with van der Waals surface area (Å²) in [4.78, 5) is 11.0. The summed E-state index contributed by atoms with van der Waals surface area (Å²) in [5, 5.41) is 11.9. The van der Waals surface area contributed by atoms with Gasteiger partial charge in [0.25, 0.3) is 0 Å². The molecule has 0 spiro atoms. The molecule has 0 amide bonds. The summed E-state index contributed by atoms with van der Waals surface area (Å²) in [7, 11) is 0. The van der Waals surface area contributed by atoms with Crippen molar-refractivity contribution >= 4 is 17.7 Å². The Morgan fingerprint density at radius 1 is 1.41 bits per heavy atom. The molecule has 1 aliphatic rings. The molecule has 22 heavy (non-hydrogen) atoms. The molecule has 1 aromatic rings. The number of hydrogen-bond donors (Lipinski definition) is 2. The fourth-order valence-corrected chi connectivity index (χ4v) is 3.28. The van der Waals surface area contributed by atoms with E-state index in [1.54, 1.807) is 0 Å². The minimum Gasteiger partial charge on any atom is -0.490 e. The molecular formula is C16H23NO4S. The Hall–Kier alpha value is -1.40. The van der Waals surface area contributed by atoms with Gasteiger partial charge in [-0.05, 0) is 30.5 Å². The van der Waals surface area contributed by atoms with E-state index in [1.807, 2.05) is 25.1 Å². The van der Waals surface area contributed by atoms with E-state index in [-0.39, 0.29) is 5.37 Å². The molecule has 5 nitrogen and oxygen atoms in total. The summed E-state index contributed by atoms with van der Waals surface area (Å²) in [6.07, 6.45) is 0. The molecule has 122 valence electrons. The van der Waals surface area contributed by atoms with E-state index in [0.717, 1.165) is 11.3 Å². The SMILES string of the molecule is CCOc1cc([C@@H]2NC[C@H](C(=O)O)S2)ccc1OCC(C)C. The van der Waals surface area contributed by atoms with Crippen molar-refractivity contribution in [2.45, 2.75) is 31.4 Å². The lowest BCUT2D eigenvalue weighted by molar-refractivity contribution is -0.136. The third kappa shape index (κ3) is 4.30. The van der Waals surface area contributed by atoms with Crippen molar-refractivity contribution in [1.82, 2.24) is 5.32 Å². The van der Waals surface area contributed by atoms with Crippen molar-refractivity contribution in [3.05, 3.63) is 23.8 Å². The molecule has 1 aromatic carbocycles. The van der Waals surface area contributed by atoms with Crippen molar-refractivity contribution in [1.29, 1.82) is 0 Å². The zero-order chi connectivity index (χ0) is 16.1. The minimum atomic E-state index is -0.776. The molecule has 1 heterocycles. The van der Waals surface area contributed by atoms with E-state index in [1.165, 1.54) is 11.8 Å². The van der Waals surface area contributed by atoms with Crippen LogP contribution in [0.4, 0.5) is 0 Å². The predicted molar refractivity (Wildman–Crippen MR) is 87.7 cm³/mol. The Balaban J connectivity index is 2.13. The van der Waals surface area contributed by atoms with Gasteiger partial charge in [-0.2, -0.15) is 0 Å². The number of hydrogen-bond acceptors (Lipinski definition) is 5. The van der Waals surface area contributed by atoms with Crippen LogP contribution in [-0.2, 0) is 4.79 Å². The molecule has 0 bridgehead atoms. The van der Waals surface area contributed by atoms with Crippen LogP contribution in [0.2, 0.25) is 0 Å². The molecule has 0 saturated carbocycles. The lowest BCUT2D eigenvalue weighted by atomic mass is 10.2. The monoisotopic (exact) mass is 325 g/mol. The Morgan fingerprint density at radius 2 is 2.18 bits per heavy atom. The Labute approximate surface area is 135 Å².